The molecular weight excluding hydrogens is 214 g/mol. The van der Waals surface area contributed by atoms with E-state index in [2.05, 4.69) is 5.32 Å². The molecule has 4 heteroatoms. The van der Waals surface area contributed by atoms with Crippen LogP contribution in [0.3, 0.4) is 0 Å². The second-order valence-corrected chi connectivity index (χ2v) is 3.30. The average molecular weight is 227 g/mol. The van der Waals surface area contributed by atoms with Gasteiger partial charge < -0.3 is 10.1 Å². The van der Waals surface area contributed by atoms with Gasteiger partial charge in [0.2, 0.25) is 0 Å². The van der Waals surface area contributed by atoms with Crippen LogP contribution in [0.2, 0.25) is 0 Å². The molecule has 86 valence electrons. The van der Waals surface area contributed by atoms with E-state index >= 15 is 0 Å². The first-order chi connectivity index (χ1) is 8.30. The zero-order valence-electron chi connectivity index (χ0n) is 9.60. The molecule has 0 heterocycles. The zero-order chi connectivity index (χ0) is 12.5. The molecule has 1 aromatic carbocycles. The molecule has 0 aromatic heterocycles. The average Bonchev–Trinajstić information content (AvgIpc) is 2.39. The van der Waals surface area contributed by atoms with E-state index in [1.165, 1.54) is 6.20 Å². The molecule has 0 saturated carbocycles. The van der Waals surface area contributed by atoms with Crippen molar-refractivity contribution in [2.24, 2.45) is 0 Å². The van der Waals surface area contributed by atoms with Gasteiger partial charge in [0.05, 0.1) is 6.61 Å². The highest BCUT2D eigenvalue weighted by molar-refractivity contribution is 5.51. The van der Waals surface area contributed by atoms with Gasteiger partial charge in [-0.2, -0.15) is 10.5 Å². The summed E-state index contributed by atoms with van der Waals surface area (Å²) in [5.74, 6) is 0.808. The standard InChI is InChI=1S/C13H13N3O/c1-2-7-17-13-5-3-12(4-6-13)16-10-11(8-14)9-15/h3-6,10,16H,2,7H2,1H3. The number of anilines is 1. The number of allylic oxidation sites excluding steroid dienone is 1. The van der Waals surface area contributed by atoms with Crippen molar-refractivity contribution in [3.05, 3.63) is 36.0 Å². The molecular formula is C13H13N3O. The van der Waals surface area contributed by atoms with Gasteiger partial charge in [-0.1, -0.05) is 6.92 Å². The number of benzene rings is 1. The lowest BCUT2D eigenvalue weighted by atomic mass is 10.3. The lowest BCUT2D eigenvalue weighted by Gasteiger charge is -2.05. The molecule has 0 aliphatic rings. The Morgan fingerprint density at radius 3 is 2.47 bits per heavy atom. The second kappa shape index (κ2) is 6.92. The SMILES string of the molecule is CCCOc1ccc(NC=C(C#N)C#N)cc1. The molecule has 0 radical (unpaired) electrons. The van der Waals surface area contributed by atoms with Crippen LogP contribution in [0.1, 0.15) is 13.3 Å². The largest absolute Gasteiger partial charge is 0.494 e. The molecule has 4 nitrogen and oxygen atoms in total. The van der Waals surface area contributed by atoms with Gasteiger partial charge in [0.15, 0.2) is 0 Å². The Bertz CT molecular complexity index is 447. The Balaban J connectivity index is 2.61. The maximum absolute atomic E-state index is 8.54. The van der Waals surface area contributed by atoms with E-state index in [9.17, 15) is 0 Å². The van der Waals surface area contributed by atoms with Crippen LogP contribution in [0.25, 0.3) is 0 Å². The Morgan fingerprint density at radius 2 is 1.94 bits per heavy atom. The van der Waals surface area contributed by atoms with E-state index < -0.39 is 0 Å². The lowest BCUT2D eigenvalue weighted by molar-refractivity contribution is 0.317. The zero-order valence-corrected chi connectivity index (χ0v) is 9.60. The highest BCUT2D eigenvalue weighted by Gasteiger charge is 1.95. The summed E-state index contributed by atoms with van der Waals surface area (Å²) in [6, 6.07) is 10.9. The molecule has 17 heavy (non-hydrogen) atoms. The van der Waals surface area contributed by atoms with Crippen molar-refractivity contribution in [3.63, 3.8) is 0 Å². The molecule has 0 aliphatic carbocycles. The summed E-state index contributed by atoms with van der Waals surface area (Å²) in [4.78, 5) is 0. The van der Waals surface area contributed by atoms with Crippen LogP contribution in [-0.2, 0) is 0 Å². The van der Waals surface area contributed by atoms with E-state index in [1.807, 2.05) is 31.2 Å². The molecule has 0 aliphatic heterocycles. The van der Waals surface area contributed by atoms with Crippen LogP contribution in [0.4, 0.5) is 5.69 Å². The maximum Gasteiger partial charge on any atom is 0.145 e. The Kier molecular flexibility index (Phi) is 5.13. The molecule has 0 unspecified atom stereocenters. The maximum atomic E-state index is 8.54. The molecule has 0 saturated heterocycles. The minimum Gasteiger partial charge on any atom is -0.494 e. The first kappa shape index (κ1) is 12.6. The van der Waals surface area contributed by atoms with Crippen LogP contribution in [0, 0.1) is 22.7 Å². The van der Waals surface area contributed by atoms with E-state index in [4.69, 9.17) is 15.3 Å². The summed E-state index contributed by atoms with van der Waals surface area (Å²) in [6.45, 7) is 2.74. The van der Waals surface area contributed by atoms with Crippen molar-refractivity contribution in [3.8, 4) is 17.9 Å². The highest BCUT2D eigenvalue weighted by Crippen LogP contribution is 2.16. The third-order valence-electron chi connectivity index (χ3n) is 1.95. The fraction of sp³-hybridized carbons (Fsp3) is 0.231. The topological polar surface area (TPSA) is 68.8 Å². The first-order valence-corrected chi connectivity index (χ1v) is 5.30. The number of rotatable bonds is 5. The van der Waals surface area contributed by atoms with Crippen molar-refractivity contribution in [1.82, 2.24) is 0 Å². The van der Waals surface area contributed by atoms with E-state index in [1.54, 1.807) is 12.1 Å². The van der Waals surface area contributed by atoms with Crippen molar-refractivity contribution < 1.29 is 4.74 Å². The van der Waals surface area contributed by atoms with Gasteiger partial charge in [0, 0.05) is 11.9 Å². The van der Waals surface area contributed by atoms with Crippen molar-refractivity contribution in [2.45, 2.75) is 13.3 Å². The Morgan fingerprint density at radius 1 is 1.29 bits per heavy atom. The quantitative estimate of drug-likeness (QED) is 0.785. The van der Waals surface area contributed by atoms with Crippen LogP contribution < -0.4 is 10.1 Å². The Labute approximate surface area is 101 Å². The van der Waals surface area contributed by atoms with Crippen LogP contribution in [-0.4, -0.2) is 6.61 Å². The number of nitriles is 2. The summed E-state index contributed by atoms with van der Waals surface area (Å²) in [7, 11) is 0. The van der Waals surface area contributed by atoms with Crippen molar-refractivity contribution >= 4 is 5.69 Å². The third kappa shape index (κ3) is 4.27. The number of nitrogens with one attached hydrogen (secondary N) is 1. The summed E-state index contributed by atoms with van der Waals surface area (Å²) >= 11 is 0. The molecule has 0 spiro atoms. The fourth-order valence-electron chi connectivity index (χ4n) is 1.11. The van der Waals surface area contributed by atoms with Gasteiger partial charge in [-0.15, -0.1) is 0 Å². The van der Waals surface area contributed by atoms with Crippen LogP contribution in [0.15, 0.2) is 36.0 Å². The van der Waals surface area contributed by atoms with Crippen LogP contribution >= 0.6 is 0 Å². The van der Waals surface area contributed by atoms with Gasteiger partial charge in [-0.05, 0) is 30.7 Å². The number of nitrogens with zero attached hydrogens (tertiary/aromatic N) is 2. The first-order valence-electron chi connectivity index (χ1n) is 5.30. The molecule has 0 bridgehead atoms. The number of hydrogen-bond acceptors (Lipinski definition) is 4. The second-order valence-electron chi connectivity index (χ2n) is 3.30. The monoisotopic (exact) mass is 227 g/mol. The summed E-state index contributed by atoms with van der Waals surface area (Å²) < 4.78 is 5.43. The van der Waals surface area contributed by atoms with Crippen molar-refractivity contribution in [2.75, 3.05) is 11.9 Å². The minimum absolute atomic E-state index is 0.0382. The van der Waals surface area contributed by atoms with Crippen LogP contribution in [0.5, 0.6) is 5.75 Å². The fourth-order valence-corrected chi connectivity index (χ4v) is 1.11. The Hall–Kier alpha value is -2.46. The molecule has 1 N–H and O–H groups in total. The van der Waals surface area contributed by atoms with E-state index in [0.717, 1.165) is 17.9 Å². The number of hydrogen-bond donors (Lipinski definition) is 1. The van der Waals surface area contributed by atoms with Gasteiger partial charge in [-0.25, -0.2) is 0 Å². The molecule has 1 rings (SSSR count). The molecule has 1 aromatic rings. The summed E-state index contributed by atoms with van der Waals surface area (Å²) in [5, 5.41) is 20.0. The molecule has 0 atom stereocenters. The highest BCUT2D eigenvalue weighted by atomic mass is 16.5. The third-order valence-corrected chi connectivity index (χ3v) is 1.95. The predicted octanol–water partition coefficient (Wildman–Crippen LogP) is 2.82. The number of ether oxygens (including phenoxy) is 1. The van der Waals surface area contributed by atoms with Gasteiger partial charge >= 0.3 is 0 Å². The van der Waals surface area contributed by atoms with E-state index in [0.29, 0.717) is 6.61 Å². The predicted molar refractivity (Wildman–Crippen MR) is 65.2 cm³/mol. The molecule has 0 fully saturated rings. The summed E-state index contributed by atoms with van der Waals surface area (Å²) in [5.41, 5.74) is 0.841. The van der Waals surface area contributed by atoms with E-state index in [-0.39, 0.29) is 5.57 Å². The van der Waals surface area contributed by atoms with Gasteiger partial charge in [-0.3, -0.25) is 0 Å². The van der Waals surface area contributed by atoms with Gasteiger partial charge in [0.25, 0.3) is 0 Å². The minimum atomic E-state index is 0.0382. The van der Waals surface area contributed by atoms with Gasteiger partial charge in [0.1, 0.15) is 23.5 Å². The lowest BCUT2D eigenvalue weighted by Crippen LogP contribution is -1.95. The smallest absolute Gasteiger partial charge is 0.145 e. The molecule has 0 amide bonds. The summed E-state index contributed by atoms with van der Waals surface area (Å²) in [6.07, 6.45) is 2.35. The normalized spacial score (nSPS) is 8.65. The van der Waals surface area contributed by atoms with Crippen molar-refractivity contribution in [1.29, 1.82) is 10.5 Å².